The minimum Gasteiger partial charge on any atom is -0.304 e. The van der Waals surface area contributed by atoms with Crippen molar-refractivity contribution in [3.05, 3.63) is 35.9 Å². The lowest BCUT2D eigenvalue weighted by molar-refractivity contribution is -0.123. The molecule has 92 valence electrons. The maximum absolute atomic E-state index is 11.9. The predicted octanol–water partition coefficient (Wildman–Crippen LogP) is 1.56. The summed E-state index contributed by atoms with van der Waals surface area (Å²) in [5.74, 6) is 0.237. The first-order valence-corrected chi connectivity index (χ1v) is 6.16. The first-order chi connectivity index (χ1) is 8.18. The van der Waals surface area contributed by atoms with Gasteiger partial charge in [0.15, 0.2) is 5.78 Å². The number of likely N-dealkylation sites (N-methyl/N-ethyl adjacent to an activating group) is 1. The van der Waals surface area contributed by atoms with Crippen molar-refractivity contribution >= 4 is 5.78 Å². The van der Waals surface area contributed by atoms with Crippen molar-refractivity contribution < 1.29 is 4.79 Å². The Hall–Kier alpha value is -1.19. The van der Waals surface area contributed by atoms with Crippen LogP contribution in [0.5, 0.6) is 0 Å². The van der Waals surface area contributed by atoms with Gasteiger partial charge in [-0.1, -0.05) is 30.3 Å². The summed E-state index contributed by atoms with van der Waals surface area (Å²) in [6, 6.07) is 10.0. The topological polar surface area (TPSA) is 23.6 Å². The van der Waals surface area contributed by atoms with Gasteiger partial charge in [-0.25, -0.2) is 0 Å². The smallest absolute Gasteiger partial charge is 0.151 e. The van der Waals surface area contributed by atoms with E-state index in [0.29, 0.717) is 0 Å². The summed E-state index contributed by atoms with van der Waals surface area (Å²) >= 11 is 0. The fourth-order valence-corrected chi connectivity index (χ4v) is 2.42. The number of carbonyl (C=O) groups is 1. The second kappa shape index (κ2) is 5.43. The Morgan fingerprint density at radius 3 is 2.24 bits per heavy atom. The van der Waals surface area contributed by atoms with Crippen molar-refractivity contribution in [2.45, 2.75) is 13.0 Å². The van der Waals surface area contributed by atoms with Crippen molar-refractivity contribution in [2.24, 2.45) is 0 Å². The molecular formula is C14H20N2O. The van der Waals surface area contributed by atoms with Gasteiger partial charge in [-0.05, 0) is 19.5 Å². The van der Waals surface area contributed by atoms with Gasteiger partial charge in [0, 0.05) is 26.2 Å². The van der Waals surface area contributed by atoms with E-state index in [1.54, 1.807) is 6.92 Å². The molecular weight excluding hydrogens is 212 g/mol. The third-order valence-corrected chi connectivity index (χ3v) is 3.40. The Balaban J connectivity index is 2.16. The fraction of sp³-hybridized carbons (Fsp3) is 0.500. The van der Waals surface area contributed by atoms with Crippen LogP contribution >= 0.6 is 0 Å². The van der Waals surface area contributed by atoms with Gasteiger partial charge in [-0.15, -0.1) is 0 Å². The van der Waals surface area contributed by atoms with Gasteiger partial charge in [-0.2, -0.15) is 0 Å². The molecule has 2 rings (SSSR count). The Morgan fingerprint density at radius 1 is 1.12 bits per heavy atom. The lowest BCUT2D eigenvalue weighted by Gasteiger charge is -2.37. The first-order valence-electron chi connectivity index (χ1n) is 6.16. The van der Waals surface area contributed by atoms with Crippen LogP contribution < -0.4 is 0 Å². The van der Waals surface area contributed by atoms with E-state index in [0.717, 1.165) is 31.7 Å². The second-order valence-corrected chi connectivity index (χ2v) is 4.76. The summed E-state index contributed by atoms with van der Waals surface area (Å²) in [4.78, 5) is 16.5. The van der Waals surface area contributed by atoms with Crippen LogP contribution in [-0.4, -0.2) is 48.8 Å². The number of carbonyl (C=O) groups excluding carboxylic acids is 1. The third kappa shape index (κ3) is 2.93. The number of benzene rings is 1. The molecule has 1 atom stereocenters. The SMILES string of the molecule is CC(=O)C(c1ccccc1)N1CCN(C)CC1. The lowest BCUT2D eigenvalue weighted by Crippen LogP contribution is -2.47. The van der Waals surface area contributed by atoms with E-state index >= 15 is 0 Å². The molecule has 0 spiro atoms. The van der Waals surface area contributed by atoms with E-state index in [1.165, 1.54) is 0 Å². The van der Waals surface area contributed by atoms with Crippen molar-refractivity contribution in [1.29, 1.82) is 0 Å². The van der Waals surface area contributed by atoms with E-state index < -0.39 is 0 Å². The highest BCUT2D eigenvalue weighted by molar-refractivity contribution is 5.82. The third-order valence-electron chi connectivity index (χ3n) is 3.40. The van der Waals surface area contributed by atoms with Gasteiger partial charge >= 0.3 is 0 Å². The number of nitrogens with zero attached hydrogens (tertiary/aromatic N) is 2. The van der Waals surface area contributed by atoms with Crippen LogP contribution in [-0.2, 0) is 4.79 Å². The number of hydrogen-bond donors (Lipinski definition) is 0. The molecule has 1 fully saturated rings. The quantitative estimate of drug-likeness (QED) is 0.790. The van der Waals surface area contributed by atoms with Gasteiger partial charge in [0.05, 0.1) is 6.04 Å². The predicted molar refractivity (Wildman–Crippen MR) is 68.9 cm³/mol. The van der Waals surface area contributed by atoms with Crippen LogP contribution in [0.15, 0.2) is 30.3 Å². The molecule has 1 aliphatic heterocycles. The summed E-state index contributed by atoms with van der Waals surface area (Å²) in [5.41, 5.74) is 1.12. The fourth-order valence-electron chi connectivity index (χ4n) is 2.42. The molecule has 0 aliphatic carbocycles. The summed E-state index contributed by atoms with van der Waals surface area (Å²) in [6.07, 6.45) is 0. The van der Waals surface area contributed by atoms with Crippen LogP contribution in [0.25, 0.3) is 0 Å². The molecule has 3 nitrogen and oxygen atoms in total. The van der Waals surface area contributed by atoms with Gasteiger partial charge in [0.1, 0.15) is 0 Å². The highest BCUT2D eigenvalue weighted by atomic mass is 16.1. The lowest BCUT2D eigenvalue weighted by atomic mass is 10.0. The Bertz CT molecular complexity index is 369. The van der Waals surface area contributed by atoms with E-state index in [4.69, 9.17) is 0 Å². The minimum atomic E-state index is -0.0649. The molecule has 0 aromatic heterocycles. The summed E-state index contributed by atoms with van der Waals surface area (Å²) in [6.45, 7) is 5.70. The normalized spacial score (nSPS) is 20.1. The zero-order chi connectivity index (χ0) is 12.3. The molecule has 1 unspecified atom stereocenters. The van der Waals surface area contributed by atoms with E-state index in [1.807, 2.05) is 30.3 Å². The Morgan fingerprint density at radius 2 is 1.71 bits per heavy atom. The van der Waals surface area contributed by atoms with Crippen LogP contribution in [0.3, 0.4) is 0 Å². The number of ketones is 1. The molecule has 0 saturated carbocycles. The van der Waals surface area contributed by atoms with Crippen LogP contribution in [0.2, 0.25) is 0 Å². The van der Waals surface area contributed by atoms with Crippen LogP contribution in [0.4, 0.5) is 0 Å². The van der Waals surface area contributed by atoms with E-state index in [2.05, 4.69) is 16.8 Å². The minimum absolute atomic E-state index is 0.0649. The highest BCUT2D eigenvalue weighted by Crippen LogP contribution is 2.22. The van der Waals surface area contributed by atoms with Crippen LogP contribution in [0.1, 0.15) is 18.5 Å². The van der Waals surface area contributed by atoms with Crippen molar-refractivity contribution in [2.75, 3.05) is 33.2 Å². The largest absolute Gasteiger partial charge is 0.304 e. The van der Waals surface area contributed by atoms with Crippen molar-refractivity contribution in [1.82, 2.24) is 9.80 Å². The average molecular weight is 232 g/mol. The standard InChI is InChI=1S/C14H20N2O/c1-12(17)14(13-6-4-3-5-7-13)16-10-8-15(2)9-11-16/h3-7,14H,8-11H2,1-2H3. The van der Waals surface area contributed by atoms with Gasteiger partial charge < -0.3 is 4.90 Å². The zero-order valence-electron chi connectivity index (χ0n) is 10.6. The Kier molecular flexibility index (Phi) is 3.92. The maximum Gasteiger partial charge on any atom is 0.151 e. The van der Waals surface area contributed by atoms with Gasteiger partial charge in [0.2, 0.25) is 0 Å². The highest BCUT2D eigenvalue weighted by Gasteiger charge is 2.26. The number of hydrogen-bond acceptors (Lipinski definition) is 3. The summed E-state index contributed by atoms with van der Waals surface area (Å²) in [7, 11) is 2.13. The molecule has 0 amide bonds. The molecule has 1 aromatic carbocycles. The van der Waals surface area contributed by atoms with E-state index in [-0.39, 0.29) is 11.8 Å². The molecule has 1 aromatic rings. The number of Topliss-reactive ketones (excluding diaryl/α,β-unsaturated/α-hetero) is 1. The monoisotopic (exact) mass is 232 g/mol. The number of rotatable bonds is 3. The molecule has 1 aliphatic rings. The molecule has 1 saturated heterocycles. The van der Waals surface area contributed by atoms with Gasteiger partial charge in [-0.3, -0.25) is 9.69 Å². The first kappa shape index (κ1) is 12.3. The van der Waals surface area contributed by atoms with Gasteiger partial charge in [0.25, 0.3) is 0 Å². The molecule has 0 N–H and O–H groups in total. The number of piperazine rings is 1. The van der Waals surface area contributed by atoms with Crippen molar-refractivity contribution in [3.8, 4) is 0 Å². The van der Waals surface area contributed by atoms with Crippen LogP contribution in [0, 0.1) is 0 Å². The molecule has 17 heavy (non-hydrogen) atoms. The zero-order valence-corrected chi connectivity index (χ0v) is 10.6. The molecule has 0 bridgehead atoms. The van der Waals surface area contributed by atoms with Crippen molar-refractivity contribution in [3.63, 3.8) is 0 Å². The maximum atomic E-state index is 11.9. The second-order valence-electron chi connectivity index (χ2n) is 4.76. The van der Waals surface area contributed by atoms with E-state index in [9.17, 15) is 4.79 Å². The molecule has 1 heterocycles. The molecule has 3 heteroatoms. The summed E-state index contributed by atoms with van der Waals surface area (Å²) in [5, 5.41) is 0. The Labute approximate surface area is 103 Å². The average Bonchev–Trinajstić information content (AvgIpc) is 2.33. The summed E-state index contributed by atoms with van der Waals surface area (Å²) < 4.78 is 0. The molecule has 0 radical (unpaired) electrons.